The number of hydrogen-bond acceptors (Lipinski definition) is 5. The molecule has 2 aromatic rings. The van der Waals surface area contributed by atoms with Gasteiger partial charge in [0.2, 0.25) is 5.91 Å². The minimum absolute atomic E-state index is 0.0869. The van der Waals surface area contributed by atoms with E-state index in [1.165, 1.54) is 0 Å². The molecule has 2 saturated heterocycles. The normalized spacial score (nSPS) is 19.0. The van der Waals surface area contributed by atoms with Crippen molar-refractivity contribution in [1.82, 2.24) is 14.9 Å². The molecule has 3 heterocycles. The third kappa shape index (κ3) is 3.86. The molecule has 1 spiro atoms. The highest BCUT2D eigenvalue weighted by atomic mass is 16.5. The van der Waals surface area contributed by atoms with E-state index in [4.69, 9.17) is 4.74 Å². The van der Waals surface area contributed by atoms with Gasteiger partial charge in [-0.15, -0.1) is 0 Å². The van der Waals surface area contributed by atoms with Crippen LogP contribution in [0, 0.1) is 5.41 Å². The molecule has 6 heteroatoms. The lowest BCUT2D eigenvalue weighted by Gasteiger charge is -2.39. The fraction of sp³-hybridized carbons (Fsp3) is 0.409. The van der Waals surface area contributed by atoms with E-state index in [0.717, 1.165) is 43.9 Å². The number of methoxy groups -OCH3 is 1. The molecule has 1 aromatic carbocycles. The van der Waals surface area contributed by atoms with Crippen molar-refractivity contribution in [2.45, 2.75) is 19.3 Å². The quantitative estimate of drug-likeness (QED) is 0.800. The largest absolute Gasteiger partial charge is 0.478 e. The van der Waals surface area contributed by atoms with Gasteiger partial charge < -0.3 is 14.5 Å². The Bertz CT molecular complexity index is 845. The zero-order chi connectivity index (χ0) is 19.4. The van der Waals surface area contributed by atoms with Crippen molar-refractivity contribution in [2.75, 3.05) is 38.2 Å². The number of ether oxygens (including phenoxy) is 1. The van der Waals surface area contributed by atoms with Gasteiger partial charge in [0.15, 0.2) is 5.82 Å². The van der Waals surface area contributed by atoms with E-state index in [2.05, 4.69) is 39.2 Å². The van der Waals surface area contributed by atoms with Gasteiger partial charge >= 0.3 is 0 Å². The predicted octanol–water partition coefficient (Wildman–Crippen LogP) is 3.02. The Kier molecular flexibility index (Phi) is 5.28. The van der Waals surface area contributed by atoms with Gasteiger partial charge in [0, 0.05) is 50.4 Å². The summed E-state index contributed by atoms with van der Waals surface area (Å²) in [5.41, 5.74) is 1.25. The van der Waals surface area contributed by atoms with Crippen LogP contribution in [0.5, 0.6) is 5.88 Å². The summed E-state index contributed by atoms with van der Waals surface area (Å²) in [7, 11) is 1.62. The number of hydrogen-bond donors (Lipinski definition) is 0. The van der Waals surface area contributed by atoms with Crippen molar-refractivity contribution < 1.29 is 9.53 Å². The first-order valence-corrected chi connectivity index (χ1v) is 9.78. The Hall–Kier alpha value is -2.89. The highest BCUT2D eigenvalue weighted by Gasteiger charge is 2.44. The standard InChI is InChI=1S/C22H26N4O2/c1-28-21-20(23-11-12-24-21)25-14-9-22(10-15-25)16-19(27)26(17-22)13-5-8-18-6-3-2-4-7-18/h2-8,11-12H,9-10,13-17H2,1H3. The van der Waals surface area contributed by atoms with Crippen LogP contribution >= 0.6 is 0 Å². The molecule has 6 nitrogen and oxygen atoms in total. The van der Waals surface area contributed by atoms with Crippen molar-refractivity contribution in [3.8, 4) is 5.88 Å². The number of carbonyl (C=O) groups excluding carboxylic acids is 1. The van der Waals surface area contributed by atoms with E-state index in [1.54, 1.807) is 19.5 Å². The number of rotatable bonds is 5. The zero-order valence-electron chi connectivity index (χ0n) is 16.3. The first-order chi connectivity index (χ1) is 13.7. The van der Waals surface area contributed by atoms with Crippen molar-refractivity contribution in [1.29, 1.82) is 0 Å². The molecule has 146 valence electrons. The van der Waals surface area contributed by atoms with E-state index < -0.39 is 0 Å². The van der Waals surface area contributed by atoms with Gasteiger partial charge in [0.1, 0.15) is 0 Å². The second-order valence-corrected chi connectivity index (χ2v) is 7.64. The maximum atomic E-state index is 12.6. The van der Waals surface area contributed by atoms with Gasteiger partial charge in [-0.1, -0.05) is 42.5 Å². The van der Waals surface area contributed by atoms with Crippen LogP contribution in [0.1, 0.15) is 24.8 Å². The number of piperidine rings is 1. The van der Waals surface area contributed by atoms with E-state index in [1.807, 2.05) is 23.1 Å². The predicted molar refractivity (Wildman–Crippen MR) is 109 cm³/mol. The van der Waals surface area contributed by atoms with Gasteiger partial charge in [0.05, 0.1) is 7.11 Å². The molecule has 0 bridgehead atoms. The summed E-state index contributed by atoms with van der Waals surface area (Å²) in [6.07, 6.45) is 10.1. The smallest absolute Gasteiger partial charge is 0.257 e. The first-order valence-electron chi connectivity index (χ1n) is 9.78. The molecule has 4 rings (SSSR count). The van der Waals surface area contributed by atoms with Crippen LogP contribution < -0.4 is 9.64 Å². The van der Waals surface area contributed by atoms with Crippen LogP contribution in [0.2, 0.25) is 0 Å². The van der Waals surface area contributed by atoms with Crippen molar-refractivity contribution in [3.05, 3.63) is 54.4 Å². The molecular formula is C22H26N4O2. The third-order valence-electron chi connectivity index (χ3n) is 5.80. The molecule has 0 aliphatic carbocycles. The molecule has 2 fully saturated rings. The Morgan fingerprint density at radius 3 is 2.64 bits per heavy atom. The van der Waals surface area contributed by atoms with Crippen LogP contribution in [0.25, 0.3) is 6.08 Å². The number of anilines is 1. The summed E-state index contributed by atoms with van der Waals surface area (Å²) in [5, 5.41) is 0. The SMILES string of the molecule is COc1nccnc1N1CCC2(CC1)CC(=O)N(CC=Cc1ccccc1)C2. The van der Waals surface area contributed by atoms with Crippen LogP contribution in [0.15, 0.2) is 48.8 Å². The van der Waals surface area contributed by atoms with Gasteiger partial charge in [-0.25, -0.2) is 9.97 Å². The summed E-state index contributed by atoms with van der Waals surface area (Å²) in [6, 6.07) is 10.2. The van der Waals surface area contributed by atoms with Gasteiger partial charge in [-0.3, -0.25) is 4.79 Å². The van der Waals surface area contributed by atoms with Gasteiger partial charge in [-0.2, -0.15) is 0 Å². The first kappa shape index (κ1) is 18.5. The Morgan fingerprint density at radius 1 is 1.14 bits per heavy atom. The average Bonchev–Trinajstić information content (AvgIpc) is 3.04. The Labute approximate surface area is 165 Å². The molecule has 1 amide bonds. The summed E-state index contributed by atoms with van der Waals surface area (Å²) >= 11 is 0. The van der Waals surface area contributed by atoms with Crippen molar-refractivity contribution in [3.63, 3.8) is 0 Å². The maximum absolute atomic E-state index is 12.6. The number of nitrogens with zero attached hydrogens (tertiary/aromatic N) is 4. The minimum atomic E-state index is 0.0869. The minimum Gasteiger partial charge on any atom is -0.478 e. The van der Waals surface area contributed by atoms with E-state index in [-0.39, 0.29) is 11.3 Å². The van der Waals surface area contributed by atoms with E-state index in [9.17, 15) is 4.79 Å². The Morgan fingerprint density at radius 2 is 1.89 bits per heavy atom. The summed E-state index contributed by atoms with van der Waals surface area (Å²) in [4.78, 5) is 25.5. The lowest BCUT2D eigenvalue weighted by Crippen LogP contribution is -2.42. The molecule has 1 aromatic heterocycles. The van der Waals surface area contributed by atoms with Crippen molar-refractivity contribution in [2.24, 2.45) is 5.41 Å². The third-order valence-corrected chi connectivity index (χ3v) is 5.80. The van der Waals surface area contributed by atoms with E-state index in [0.29, 0.717) is 18.8 Å². The van der Waals surface area contributed by atoms with Gasteiger partial charge in [-0.05, 0) is 18.4 Å². The number of amides is 1. The number of aromatic nitrogens is 2. The monoisotopic (exact) mass is 378 g/mol. The van der Waals surface area contributed by atoms with E-state index >= 15 is 0 Å². The number of benzene rings is 1. The van der Waals surface area contributed by atoms with Crippen LogP contribution in [-0.2, 0) is 4.79 Å². The number of carbonyl (C=O) groups is 1. The lowest BCUT2D eigenvalue weighted by molar-refractivity contribution is -0.127. The molecular weight excluding hydrogens is 352 g/mol. The average molecular weight is 378 g/mol. The van der Waals surface area contributed by atoms with Crippen LogP contribution in [0.3, 0.4) is 0 Å². The highest BCUT2D eigenvalue weighted by molar-refractivity contribution is 5.80. The molecule has 0 atom stereocenters. The summed E-state index contributed by atoms with van der Waals surface area (Å²) in [5.74, 6) is 1.63. The number of likely N-dealkylation sites (tertiary alicyclic amines) is 1. The van der Waals surface area contributed by atoms with Crippen molar-refractivity contribution >= 4 is 17.8 Å². The highest BCUT2D eigenvalue weighted by Crippen LogP contribution is 2.42. The molecule has 2 aliphatic heterocycles. The second kappa shape index (κ2) is 8.00. The summed E-state index contributed by atoms with van der Waals surface area (Å²) < 4.78 is 5.35. The maximum Gasteiger partial charge on any atom is 0.257 e. The molecule has 0 saturated carbocycles. The molecule has 0 unspecified atom stereocenters. The van der Waals surface area contributed by atoms with Gasteiger partial charge in [0.25, 0.3) is 5.88 Å². The molecule has 0 N–H and O–H groups in total. The van der Waals surface area contributed by atoms with Crippen LogP contribution in [0.4, 0.5) is 5.82 Å². The zero-order valence-corrected chi connectivity index (χ0v) is 16.3. The lowest BCUT2D eigenvalue weighted by atomic mass is 9.77. The Balaban J connectivity index is 1.36. The fourth-order valence-electron chi connectivity index (χ4n) is 4.23. The second-order valence-electron chi connectivity index (χ2n) is 7.64. The summed E-state index contributed by atoms with van der Waals surface area (Å²) in [6.45, 7) is 3.26. The fourth-order valence-corrected chi connectivity index (χ4v) is 4.23. The molecule has 28 heavy (non-hydrogen) atoms. The molecule has 0 radical (unpaired) electrons. The topological polar surface area (TPSA) is 58.6 Å². The molecule has 2 aliphatic rings. The van der Waals surface area contributed by atoms with Crippen LogP contribution in [-0.4, -0.2) is 54.1 Å².